The molecule has 5 nitrogen and oxygen atoms in total. The number of carbonyl (C=O) groups is 2. The van der Waals surface area contributed by atoms with Gasteiger partial charge in [-0.25, -0.2) is 4.79 Å². The van der Waals surface area contributed by atoms with Crippen molar-refractivity contribution >= 4 is 23.5 Å². The molecule has 2 atom stereocenters. The second kappa shape index (κ2) is 5.19. The highest BCUT2D eigenvalue weighted by Gasteiger charge is 2.39. The molecule has 0 spiro atoms. The van der Waals surface area contributed by atoms with Gasteiger partial charge in [0.2, 0.25) is 0 Å². The Morgan fingerprint density at radius 2 is 2.11 bits per heavy atom. The van der Waals surface area contributed by atoms with Gasteiger partial charge in [-0.1, -0.05) is 17.7 Å². The first-order valence-electron chi connectivity index (χ1n) is 5.88. The van der Waals surface area contributed by atoms with E-state index in [1.807, 2.05) is 0 Å². The number of hydrogen-bond donors (Lipinski definition) is 2. The molecule has 102 valence electrons. The van der Waals surface area contributed by atoms with Gasteiger partial charge in [-0.15, -0.1) is 0 Å². The van der Waals surface area contributed by atoms with Crippen LogP contribution in [0.15, 0.2) is 18.2 Å². The minimum Gasteiger partial charge on any atom is -0.480 e. The topological polar surface area (TPSA) is 77.8 Å². The lowest BCUT2D eigenvalue weighted by molar-refractivity contribution is -0.141. The molecule has 0 aromatic heterocycles. The van der Waals surface area contributed by atoms with Crippen LogP contribution in [-0.4, -0.2) is 45.7 Å². The van der Waals surface area contributed by atoms with Crippen molar-refractivity contribution in [2.24, 2.45) is 0 Å². The predicted octanol–water partition coefficient (Wildman–Crippen LogP) is 1.31. The van der Waals surface area contributed by atoms with Gasteiger partial charge in [0, 0.05) is 23.6 Å². The number of amides is 1. The molecule has 1 heterocycles. The van der Waals surface area contributed by atoms with E-state index in [1.165, 1.54) is 11.0 Å². The van der Waals surface area contributed by atoms with Gasteiger partial charge in [0.05, 0.1) is 6.10 Å². The van der Waals surface area contributed by atoms with Crippen LogP contribution in [0.2, 0.25) is 5.02 Å². The number of carbonyl (C=O) groups excluding carboxylic acids is 1. The molecule has 0 radical (unpaired) electrons. The number of aliphatic hydroxyl groups excluding tert-OH is 1. The minimum absolute atomic E-state index is 0.0295. The fourth-order valence-corrected chi connectivity index (χ4v) is 2.42. The summed E-state index contributed by atoms with van der Waals surface area (Å²) in [5, 5.41) is 19.1. The van der Waals surface area contributed by atoms with Crippen molar-refractivity contribution in [1.29, 1.82) is 0 Å². The highest BCUT2D eigenvalue weighted by Crippen LogP contribution is 2.24. The summed E-state index contributed by atoms with van der Waals surface area (Å²) in [5.41, 5.74) is 1.09. The van der Waals surface area contributed by atoms with E-state index in [0.717, 1.165) is 5.56 Å². The van der Waals surface area contributed by atoms with Gasteiger partial charge in [0.15, 0.2) is 0 Å². The van der Waals surface area contributed by atoms with Gasteiger partial charge >= 0.3 is 5.97 Å². The molecule has 2 N–H and O–H groups in total. The van der Waals surface area contributed by atoms with E-state index in [2.05, 4.69) is 0 Å². The van der Waals surface area contributed by atoms with Gasteiger partial charge in [-0.2, -0.15) is 0 Å². The van der Waals surface area contributed by atoms with Gasteiger partial charge in [-0.05, 0) is 24.6 Å². The van der Waals surface area contributed by atoms with Crippen molar-refractivity contribution in [3.05, 3.63) is 34.3 Å². The summed E-state index contributed by atoms with van der Waals surface area (Å²) in [6.07, 6.45) is -0.745. The number of rotatable bonds is 2. The first-order chi connectivity index (χ1) is 8.90. The molecular weight excluding hydrogens is 270 g/mol. The Morgan fingerprint density at radius 3 is 2.74 bits per heavy atom. The average molecular weight is 284 g/mol. The first-order valence-corrected chi connectivity index (χ1v) is 6.26. The van der Waals surface area contributed by atoms with Gasteiger partial charge in [0.1, 0.15) is 6.04 Å². The number of aryl methyl sites for hydroxylation is 1. The summed E-state index contributed by atoms with van der Waals surface area (Å²) in [6, 6.07) is 3.91. The standard InChI is InChI=1S/C13H14ClNO4/c1-7-2-3-8(14)4-10(7)12(17)15-6-9(16)5-11(15)13(18)19/h2-4,9,11,16H,5-6H2,1H3,(H,18,19)/t9?,11-/m0/s1. The Bertz CT molecular complexity index is 531. The van der Waals surface area contributed by atoms with E-state index >= 15 is 0 Å². The number of hydrogen-bond acceptors (Lipinski definition) is 3. The van der Waals surface area contributed by atoms with Crippen LogP contribution in [0.25, 0.3) is 0 Å². The highest BCUT2D eigenvalue weighted by atomic mass is 35.5. The first kappa shape index (κ1) is 13.8. The number of aliphatic hydroxyl groups is 1. The number of halogens is 1. The maximum absolute atomic E-state index is 12.4. The van der Waals surface area contributed by atoms with Crippen molar-refractivity contribution in [1.82, 2.24) is 4.90 Å². The third-order valence-corrected chi connectivity index (χ3v) is 3.49. The molecule has 1 aromatic rings. The quantitative estimate of drug-likeness (QED) is 0.858. The smallest absolute Gasteiger partial charge is 0.326 e. The lowest BCUT2D eigenvalue weighted by Crippen LogP contribution is -2.40. The van der Waals surface area contributed by atoms with Gasteiger partial charge in [0.25, 0.3) is 5.91 Å². The van der Waals surface area contributed by atoms with Crippen molar-refractivity contribution in [3.8, 4) is 0 Å². The highest BCUT2D eigenvalue weighted by molar-refractivity contribution is 6.31. The van der Waals surface area contributed by atoms with Crippen LogP contribution in [0.4, 0.5) is 0 Å². The summed E-state index contributed by atoms with van der Waals surface area (Å²) in [6.45, 7) is 1.79. The Morgan fingerprint density at radius 1 is 1.42 bits per heavy atom. The monoisotopic (exact) mass is 283 g/mol. The molecule has 0 saturated carbocycles. The normalized spacial score (nSPS) is 22.6. The van der Waals surface area contributed by atoms with E-state index in [0.29, 0.717) is 10.6 Å². The van der Waals surface area contributed by atoms with Crippen molar-refractivity contribution in [2.75, 3.05) is 6.54 Å². The van der Waals surface area contributed by atoms with E-state index in [4.69, 9.17) is 16.7 Å². The fraction of sp³-hybridized carbons (Fsp3) is 0.385. The van der Waals surface area contributed by atoms with Crippen LogP contribution in [0.1, 0.15) is 22.3 Å². The molecule has 1 aromatic carbocycles. The number of β-amino-alcohol motifs (C(OH)–C–C–N with tert-alkyl or cyclic N) is 1. The molecule has 1 fully saturated rings. The Kier molecular flexibility index (Phi) is 3.78. The molecule has 1 aliphatic rings. The zero-order chi connectivity index (χ0) is 14.2. The number of aliphatic carboxylic acids is 1. The van der Waals surface area contributed by atoms with Crippen LogP contribution in [-0.2, 0) is 4.79 Å². The second-order valence-electron chi connectivity index (χ2n) is 4.66. The lowest BCUT2D eigenvalue weighted by atomic mass is 10.1. The van der Waals surface area contributed by atoms with Crippen LogP contribution in [0.3, 0.4) is 0 Å². The van der Waals surface area contributed by atoms with Crippen molar-refractivity contribution < 1.29 is 19.8 Å². The van der Waals surface area contributed by atoms with E-state index in [1.54, 1.807) is 19.1 Å². The molecule has 1 amide bonds. The minimum atomic E-state index is -1.11. The SMILES string of the molecule is Cc1ccc(Cl)cc1C(=O)N1CC(O)C[C@H]1C(=O)O. The molecule has 1 aliphatic heterocycles. The lowest BCUT2D eigenvalue weighted by Gasteiger charge is -2.22. The summed E-state index contributed by atoms with van der Waals surface area (Å²) in [4.78, 5) is 24.7. The molecule has 0 aliphatic carbocycles. The third-order valence-electron chi connectivity index (χ3n) is 3.25. The second-order valence-corrected chi connectivity index (χ2v) is 5.10. The zero-order valence-corrected chi connectivity index (χ0v) is 11.1. The summed E-state index contributed by atoms with van der Waals surface area (Å²) < 4.78 is 0. The van der Waals surface area contributed by atoms with Crippen LogP contribution in [0.5, 0.6) is 0 Å². The van der Waals surface area contributed by atoms with Crippen LogP contribution >= 0.6 is 11.6 Å². The summed E-state index contributed by atoms with van der Waals surface area (Å²) in [5.74, 6) is -1.52. The Labute approximate surface area is 115 Å². The Balaban J connectivity index is 2.33. The predicted molar refractivity (Wildman–Crippen MR) is 69.3 cm³/mol. The number of carboxylic acid groups (broad SMARTS) is 1. The fourth-order valence-electron chi connectivity index (χ4n) is 2.25. The van der Waals surface area contributed by atoms with Gasteiger partial charge in [-0.3, -0.25) is 4.79 Å². The molecule has 1 unspecified atom stereocenters. The van der Waals surface area contributed by atoms with Gasteiger partial charge < -0.3 is 15.1 Å². The number of likely N-dealkylation sites (tertiary alicyclic amines) is 1. The number of nitrogens with zero attached hydrogens (tertiary/aromatic N) is 1. The van der Waals surface area contributed by atoms with Crippen LogP contribution in [0, 0.1) is 6.92 Å². The molecule has 2 rings (SSSR count). The van der Waals surface area contributed by atoms with Crippen molar-refractivity contribution in [2.45, 2.75) is 25.5 Å². The molecule has 1 saturated heterocycles. The maximum atomic E-state index is 12.4. The molecular formula is C13H14ClNO4. The van der Waals surface area contributed by atoms with E-state index in [9.17, 15) is 14.7 Å². The third kappa shape index (κ3) is 2.72. The molecule has 0 bridgehead atoms. The van der Waals surface area contributed by atoms with E-state index in [-0.39, 0.29) is 13.0 Å². The maximum Gasteiger partial charge on any atom is 0.326 e. The van der Waals surface area contributed by atoms with Crippen LogP contribution < -0.4 is 0 Å². The van der Waals surface area contributed by atoms with E-state index < -0.39 is 24.0 Å². The number of benzene rings is 1. The largest absolute Gasteiger partial charge is 0.480 e. The average Bonchev–Trinajstić information content (AvgIpc) is 2.74. The molecule has 6 heteroatoms. The van der Waals surface area contributed by atoms with Crippen molar-refractivity contribution in [3.63, 3.8) is 0 Å². The number of carboxylic acids is 1. The Hall–Kier alpha value is -1.59. The summed E-state index contributed by atoms with van der Waals surface area (Å²) >= 11 is 5.86. The zero-order valence-electron chi connectivity index (χ0n) is 10.3. The molecule has 19 heavy (non-hydrogen) atoms. The summed E-state index contributed by atoms with van der Waals surface area (Å²) in [7, 11) is 0.